The van der Waals surface area contributed by atoms with Crippen LogP contribution >= 0.6 is 0 Å². The van der Waals surface area contributed by atoms with Gasteiger partial charge in [-0.1, -0.05) is 6.58 Å². The van der Waals surface area contributed by atoms with Crippen LogP contribution in [0.25, 0.3) is 0 Å². The molecule has 0 aromatic heterocycles. The van der Waals surface area contributed by atoms with Crippen molar-refractivity contribution in [2.45, 2.75) is 26.6 Å². The van der Waals surface area contributed by atoms with Gasteiger partial charge in [-0.3, -0.25) is 4.79 Å². The molecule has 15 heavy (non-hydrogen) atoms. The average Bonchev–Trinajstić information content (AvgIpc) is 2.17. The summed E-state index contributed by atoms with van der Waals surface area (Å²) < 4.78 is 14.4. The van der Waals surface area contributed by atoms with E-state index in [-0.39, 0.29) is 13.0 Å². The van der Waals surface area contributed by atoms with Crippen molar-refractivity contribution in [1.82, 2.24) is 0 Å². The van der Waals surface area contributed by atoms with Gasteiger partial charge in [-0.05, 0) is 13.8 Å². The number of rotatable bonds is 7. The molecule has 0 saturated heterocycles. The third kappa shape index (κ3) is 7.69. The maximum Gasteiger partial charge on any atom is 0.330 e. The molecule has 0 spiro atoms. The first kappa shape index (κ1) is 13.6. The number of hydrogen-bond acceptors (Lipinski definition) is 5. The molecule has 0 N–H and O–H groups in total. The number of hydrogen-bond donors (Lipinski definition) is 0. The Morgan fingerprint density at radius 1 is 1.47 bits per heavy atom. The lowest BCUT2D eigenvalue weighted by Gasteiger charge is -2.12. The topological polar surface area (TPSA) is 61.8 Å². The predicted octanol–water partition coefficient (Wildman–Crippen LogP) is 1.03. The molecule has 0 aromatic rings. The second kappa shape index (κ2) is 7.99. The second-order valence-electron chi connectivity index (χ2n) is 2.63. The van der Waals surface area contributed by atoms with Gasteiger partial charge in [0.2, 0.25) is 0 Å². The third-order valence-corrected chi connectivity index (χ3v) is 1.42. The van der Waals surface area contributed by atoms with Crippen molar-refractivity contribution in [3.8, 4) is 0 Å². The Morgan fingerprint density at radius 2 is 2.13 bits per heavy atom. The van der Waals surface area contributed by atoms with E-state index in [1.54, 1.807) is 13.8 Å². The Kier molecular flexibility index (Phi) is 7.27. The largest absolute Gasteiger partial charge is 0.462 e. The highest BCUT2D eigenvalue weighted by atomic mass is 16.7. The fourth-order valence-electron chi connectivity index (χ4n) is 0.807. The molecular weight excluding hydrogens is 200 g/mol. The van der Waals surface area contributed by atoms with Crippen LogP contribution in [0.1, 0.15) is 20.3 Å². The van der Waals surface area contributed by atoms with E-state index < -0.39 is 18.2 Å². The van der Waals surface area contributed by atoms with Crippen LogP contribution in [0.3, 0.4) is 0 Å². The molecular formula is C10H16O5. The number of carbonyl (C=O) groups is 2. The predicted molar refractivity (Wildman–Crippen MR) is 53.0 cm³/mol. The number of ether oxygens (including phenoxy) is 3. The lowest BCUT2D eigenvalue weighted by Crippen LogP contribution is -2.19. The molecule has 0 heterocycles. The standard InChI is InChI=1S/C10H16O5/c1-4-9(11)14-7-6-10(12)15-8(3)13-5-2/h4,8H,1,5-7H2,2-3H3. The van der Waals surface area contributed by atoms with E-state index >= 15 is 0 Å². The minimum atomic E-state index is -0.572. The van der Waals surface area contributed by atoms with Crippen LogP contribution in [0, 0.1) is 0 Å². The van der Waals surface area contributed by atoms with E-state index in [4.69, 9.17) is 9.47 Å². The summed E-state index contributed by atoms with van der Waals surface area (Å²) in [5.41, 5.74) is 0. The first-order valence-electron chi connectivity index (χ1n) is 4.70. The molecule has 86 valence electrons. The van der Waals surface area contributed by atoms with Gasteiger partial charge in [0, 0.05) is 12.7 Å². The Labute approximate surface area is 89.0 Å². The molecule has 0 aliphatic carbocycles. The summed E-state index contributed by atoms with van der Waals surface area (Å²) in [4.78, 5) is 21.7. The van der Waals surface area contributed by atoms with Crippen molar-refractivity contribution in [3.63, 3.8) is 0 Å². The number of esters is 2. The van der Waals surface area contributed by atoms with E-state index in [2.05, 4.69) is 11.3 Å². The van der Waals surface area contributed by atoms with Crippen molar-refractivity contribution >= 4 is 11.9 Å². The highest BCUT2D eigenvalue weighted by molar-refractivity contribution is 5.81. The number of carbonyl (C=O) groups excluding carboxylic acids is 2. The molecule has 0 amide bonds. The Balaban J connectivity index is 3.57. The van der Waals surface area contributed by atoms with Crippen LogP contribution in [-0.4, -0.2) is 31.4 Å². The summed E-state index contributed by atoms with van der Waals surface area (Å²) in [6, 6.07) is 0. The van der Waals surface area contributed by atoms with Crippen LogP contribution in [0.5, 0.6) is 0 Å². The zero-order valence-corrected chi connectivity index (χ0v) is 9.02. The molecule has 0 fully saturated rings. The minimum absolute atomic E-state index is 0.0109. The third-order valence-electron chi connectivity index (χ3n) is 1.42. The highest BCUT2D eigenvalue weighted by Crippen LogP contribution is 1.97. The van der Waals surface area contributed by atoms with Crippen LogP contribution in [0.2, 0.25) is 0 Å². The molecule has 5 heteroatoms. The molecule has 5 nitrogen and oxygen atoms in total. The molecule has 0 aliphatic heterocycles. The lowest BCUT2D eigenvalue weighted by atomic mass is 10.4. The minimum Gasteiger partial charge on any atom is -0.462 e. The molecule has 1 atom stereocenters. The van der Waals surface area contributed by atoms with E-state index in [1.807, 2.05) is 0 Å². The van der Waals surface area contributed by atoms with Gasteiger partial charge < -0.3 is 14.2 Å². The molecule has 0 radical (unpaired) electrons. The smallest absolute Gasteiger partial charge is 0.330 e. The molecule has 0 bridgehead atoms. The summed E-state index contributed by atoms with van der Waals surface area (Å²) in [6.45, 7) is 7.11. The van der Waals surface area contributed by atoms with Crippen LogP contribution in [-0.2, 0) is 23.8 Å². The zero-order valence-electron chi connectivity index (χ0n) is 9.02. The maximum atomic E-state index is 11.1. The molecule has 0 aromatic carbocycles. The van der Waals surface area contributed by atoms with Crippen molar-refractivity contribution in [3.05, 3.63) is 12.7 Å². The monoisotopic (exact) mass is 216 g/mol. The summed E-state index contributed by atoms with van der Waals surface area (Å²) in [5.74, 6) is -1.02. The van der Waals surface area contributed by atoms with E-state index in [1.165, 1.54) is 0 Å². The first-order chi connectivity index (χ1) is 7.10. The van der Waals surface area contributed by atoms with Gasteiger partial charge >= 0.3 is 11.9 Å². The normalized spacial score (nSPS) is 11.6. The van der Waals surface area contributed by atoms with Crippen molar-refractivity contribution < 1.29 is 23.8 Å². The fraction of sp³-hybridized carbons (Fsp3) is 0.600. The Morgan fingerprint density at radius 3 is 2.67 bits per heavy atom. The first-order valence-corrected chi connectivity index (χ1v) is 4.70. The van der Waals surface area contributed by atoms with Crippen LogP contribution in [0.15, 0.2) is 12.7 Å². The summed E-state index contributed by atoms with van der Waals surface area (Å²) in [5, 5.41) is 0. The summed E-state index contributed by atoms with van der Waals surface area (Å²) in [7, 11) is 0. The second-order valence-corrected chi connectivity index (χ2v) is 2.63. The summed E-state index contributed by atoms with van der Waals surface area (Å²) in [6.07, 6.45) is 0.475. The van der Waals surface area contributed by atoms with E-state index in [0.29, 0.717) is 6.61 Å². The molecule has 1 unspecified atom stereocenters. The van der Waals surface area contributed by atoms with Crippen LogP contribution < -0.4 is 0 Å². The van der Waals surface area contributed by atoms with Gasteiger partial charge in [-0.25, -0.2) is 4.79 Å². The van der Waals surface area contributed by atoms with Gasteiger partial charge in [0.25, 0.3) is 0 Å². The SMILES string of the molecule is C=CC(=O)OCCC(=O)OC(C)OCC. The highest BCUT2D eigenvalue weighted by Gasteiger charge is 2.09. The zero-order chi connectivity index (χ0) is 11.7. The summed E-state index contributed by atoms with van der Waals surface area (Å²) >= 11 is 0. The van der Waals surface area contributed by atoms with E-state index in [0.717, 1.165) is 6.08 Å². The van der Waals surface area contributed by atoms with E-state index in [9.17, 15) is 9.59 Å². The Bertz CT molecular complexity index is 224. The van der Waals surface area contributed by atoms with Gasteiger partial charge in [-0.2, -0.15) is 0 Å². The molecule has 0 aliphatic rings. The quantitative estimate of drug-likeness (QED) is 0.361. The van der Waals surface area contributed by atoms with Gasteiger partial charge in [-0.15, -0.1) is 0 Å². The van der Waals surface area contributed by atoms with Crippen LogP contribution in [0.4, 0.5) is 0 Å². The van der Waals surface area contributed by atoms with Crippen molar-refractivity contribution in [2.24, 2.45) is 0 Å². The molecule has 0 saturated carbocycles. The maximum absolute atomic E-state index is 11.1. The van der Waals surface area contributed by atoms with Crippen molar-refractivity contribution in [1.29, 1.82) is 0 Å². The lowest BCUT2D eigenvalue weighted by molar-refractivity contribution is -0.174. The van der Waals surface area contributed by atoms with Gasteiger partial charge in [0.1, 0.15) is 6.61 Å². The average molecular weight is 216 g/mol. The molecule has 0 rings (SSSR count). The van der Waals surface area contributed by atoms with Gasteiger partial charge in [0.15, 0.2) is 6.29 Å². The fourth-order valence-corrected chi connectivity index (χ4v) is 0.807. The van der Waals surface area contributed by atoms with Crippen molar-refractivity contribution in [2.75, 3.05) is 13.2 Å². The van der Waals surface area contributed by atoms with Gasteiger partial charge in [0.05, 0.1) is 6.42 Å². The Hall–Kier alpha value is -1.36.